The molecule has 0 saturated heterocycles. The van der Waals surface area contributed by atoms with Gasteiger partial charge in [-0.1, -0.05) is 24.3 Å². The number of nitrogens with two attached hydrogens (primary N) is 1. The van der Waals surface area contributed by atoms with Crippen LogP contribution >= 0.6 is 24.0 Å². The number of nitrogens with zero attached hydrogens (tertiary/aromatic N) is 2. The number of benzene rings is 2. The molecule has 5 nitrogen and oxygen atoms in total. The highest BCUT2D eigenvalue weighted by Gasteiger charge is 2.32. The number of guanidine groups is 1. The smallest absolute Gasteiger partial charge is 0.404 e. The normalized spacial score (nSPS) is 14.1. The molecule has 1 heterocycles. The topological polar surface area (TPSA) is 62.9 Å². The Balaban J connectivity index is 0.00000280. The number of halogens is 4. The highest BCUT2D eigenvalue weighted by atomic mass is 127. The fraction of sp³-hybridized carbons (Fsp3) is 0.316. The molecule has 2 aromatic carbocycles. The van der Waals surface area contributed by atoms with Gasteiger partial charge < -0.3 is 20.7 Å². The number of alkyl halides is 3. The first kappa shape index (κ1) is 22.1. The van der Waals surface area contributed by atoms with Gasteiger partial charge in [-0.3, -0.25) is 0 Å². The van der Waals surface area contributed by atoms with Gasteiger partial charge in [-0.2, -0.15) is 0 Å². The predicted octanol–water partition coefficient (Wildman–Crippen LogP) is 4.51. The van der Waals surface area contributed by atoms with E-state index in [0.717, 1.165) is 24.9 Å². The molecule has 0 radical (unpaired) electrons. The summed E-state index contributed by atoms with van der Waals surface area (Å²) >= 11 is 0. The number of anilines is 2. The van der Waals surface area contributed by atoms with Crippen molar-refractivity contribution in [2.24, 2.45) is 10.7 Å². The molecule has 0 unspecified atom stereocenters. The molecule has 0 amide bonds. The molecule has 0 fully saturated rings. The molecule has 3 N–H and O–H groups in total. The summed E-state index contributed by atoms with van der Waals surface area (Å²) in [5, 5.41) is 2.67. The molecule has 28 heavy (non-hydrogen) atoms. The Morgan fingerprint density at radius 2 is 2.00 bits per heavy atom. The Hall–Kier alpha value is -2.17. The van der Waals surface area contributed by atoms with Crippen LogP contribution in [0.3, 0.4) is 0 Å². The monoisotopic (exact) mass is 506 g/mol. The summed E-state index contributed by atoms with van der Waals surface area (Å²) in [6.07, 6.45) is -2.65. The van der Waals surface area contributed by atoms with Crippen molar-refractivity contribution in [1.82, 2.24) is 0 Å². The zero-order valence-corrected chi connectivity index (χ0v) is 17.6. The molecular weight excluding hydrogens is 484 g/mol. The number of para-hydroxylation sites is 2. The van der Waals surface area contributed by atoms with Crippen molar-refractivity contribution in [3.8, 4) is 5.75 Å². The molecule has 0 aromatic heterocycles. The fourth-order valence-electron chi connectivity index (χ4n) is 3.07. The van der Waals surface area contributed by atoms with Gasteiger partial charge in [0.05, 0.1) is 12.2 Å². The second-order valence-corrected chi connectivity index (χ2v) is 6.36. The molecule has 0 bridgehead atoms. The lowest BCUT2D eigenvalue weighted by Gasteiger charge is -2.27. The summed E-state index contributed by atoms with van der Waals surface area (Å²) < 4.78 is 41.4. The van der Waals surface area contributed by atoms with Crippen LogP contribution < -0.4 is 20.7 Å². The van der Waals surface area contributed by atoms with Crippen LogP contribution in [0.2, 0.25) is 0 Å². The van der Waals surface area contributed by atoms with Crippen molar-refractivity contribution < 1.29 is 17.9 Å². The van der Waals surface area contributed by atoms with E-state index in [-0.39, 0.29) is 41.4 Å². The molecule has 1 aliphatic rings. The zero-order chi connectivity index (χ0) is 19.4. The number of ether oxygens (including phenoxy) is 1. The number of rotatable bonds is 4. The average Bonchev–Trinajstić information content (AvgIpc) is 2.60. The number of hydrogen-bond acceptors (Lipinski definition) is 3. The van der Waals surface area contributed by atoms with Crippen LogP contribution in [-0.4, -0.2) is 25.9 Å². The first-order chi connectivity index (χ1) is 12.8. The van der Waals surface area contributed by atoms with Gasteiger partial charge in [0.25, 0.3) is 0 Å². The van der Waals surface area contributed by atoms with E-state index in [1.807, 2.05) is 6.07 Å². The second kappa shape index (κ2) is 9.35. The third-order valence-electron chi connectivity index (χ3n) is 4.30. The molecule has 0 atom stereocenters. The Morgan fingerprint density at radius 3 is 2.75 bits per heavy atom. The third-order valence-corrected chi connectivity index (χ3v) is 4.30. The van der Waals surface area contributed by atoms with Crippen LogP contribution in [0.4, 0.5) is 24.5 Å². The molecule has 0 spiro atoms. The Labute approximate surface area is 178 Å². The average molecular weight is 506 g/mol. The number of hydrogen-bond donors (Lipinski definition) is 2. The number of aliphatic imine (C=N–C) groups is 1. The van der Waals surface area contributed by atoms with Crippen molar-refractivity contribution in [1.29, 1.82) is 0 Å². The van der Waals surface area contributed by atoms with E-state index in [1.165, 1.54) is 29.4 Å². The number of aryl methyl sites for hydroxylation is 1. The minimum atomic E-state index is -4.78. The quantitative estimate of drug-likeness (QED) is 0.364. The summed E-state index contributed by atoms with van der Waals surface area (Å²) in [6.45, 7) is 1.37. The van der Waals surface area contributed by atoms with E-state index < -0.39 is 6.36 Å². The van der Waals surface area contributed by atoms with E-state index >= 15 is 0 Å². The van der Waals surface area contributed by atoms with Gasteiger partial charge in [-0.25, -0.2) is 4.99 Å². The maximum Gasteiger partial charge on any atom is 0.573 e. The minimum Gasteiger partial charge on any atom is -0.404 e. The van der Waals surface area contributed by atoms with E-state index in [0.29, 0.717) is 6.54 Å². The third kappa shape index (κ3) is 5.91. The van der Waals surface area contributed by atoms with Crippen molar-refractivity contribution >= 4 is 41.3 Å². The van der Waals surface area contributed by atoms with Crippen LogP contribution in [0.25, 0.3) is 0 Å². The summed E-state index contributed by atoms with van der Waals surface area (Å²) in [5.41, 5.74) is 9.43. The lowest BCUT2D eigenvalue weighted by atomic mass is 10.00. The summed E-state index contributed by atoms with van der Waals surface area (Å²) in [7, 11) is 2.07. The zero-order valence-electron chi connectivity index (χ0n) is 15.3. The van der Waals surface area contributed by atoms with Gasteiger partial charge in [0.15, 0.2) is 11.7 Å². The highest BCUT2D eigenvalue weighted by Crippen LogP contribution is 2.30. The standard InChI is InChI=1S/C19H21F3N4O.HI/c1-26-10-4-5-14-11-13(8-9-16(14)26)12-24-18(23)25-15-6-2-3-7-17(15)27-19(20,21)22;/h2-3,6-9,11H,4-5,10,12H2,1H3,(H3,23,24,25);1H. The van der Waals surface area contributed by atoms with E-state index in [1.54, 1.807) is 6.07 Å². The summed E-state index contributed by atoms with van der Waals surface area (Å²) in [4.78, 5) is 6.45. The minimum absolute atomic E-state index is 0. The molecule has 152 valence electrons. The van der Waals surface area contributed by atoms with Gasteiger partial charge in [0.1, 0.15) is 0 Å². The Morgan fingerprint density at radius 1 is 1.25 bits per heavy atom. The van der Waals surface area contributed by atoms with Crippen molar-refractivity contribution in [3.05, 3.63) is 53.6 Å². The fourth-order valence-corrected chi connectivity index (χ4v) is 3.07. The van der Waals surface area contributed by atoms with Gasteiger partial charge in [0.2, 0.25) is 0 Å². The van der Waals surface area contributed by atoms with E-state index in [4.69, 9.17) is 5.73 Å². The van der Waals surface area contributed by atoms with Gasteiger partial charge in [-0.15, -0.1) is 37.1 Å². The van der Waals surface area contributed by atoms with Gasteiger partial charge in [-0.05, 0) is 42.2 Å². The van der Waals surface area contributed by atoms with Crippen LogP contribution in [0, 0.1) is 0 Å². The number of nitrogens with one attached hydrogen (secondary N) is 1. The molecule has 3 rings (SSSR count). The predicted molar refractivity (Wildman–Crippen MR) is 116 cm³/mol. The maximum absolute atomic E-state index is 12.5. The lowest BCUT2D eigenvalue weighted by Crippen LogP contribution is -2.25. The first-order valence-electron chi connectivity index (χ1n) is 8.56. The molecule has 0 aliphatic carbocycles. The van der Waals surface area contributed by atoms with Crippen LogP contribution in [0.5, 0.6) is 5.75 Å². The summed E-state index contributed by atoms with van der Waals surface area (Å²) in [6, 6.07) is 11.8. The molecule has 2 aromatic rings. The Kier molecular flexibility index (Phi) is 7.39. The van der Waals surface area contributed by atoms with Crippen molar-refractivity contribution in [3.63, 3.8) is 0 Å². The Bertz CT molecular complexity index is 842. The van der Waals surface area contributed by atoms with Gasteiger partial charge >= 0.3 is 6.36 Å². The van der Waals surface area contributed by atoms with Crippen LogP contribution in [0.15, 0.2) is 47.5 Å². The SMILES string of the molecule is CN1CCCc2cc(CN=C(N)Nc3ccccc3OC(F)(F)F)ccc21.I. The molecular formula is C19H22F3IN4O. The van der Waals surface area contributed by atoms with E-state index in [9.17, 15) is 13.2 Å². The molecule has 0 saturated carbocycles. The second-order valence-electron chi connectivity index (χ2n) is 6.36. The highest BCUT2D eigenvalue weighted by molar-refractivity contribution is 14.0. The van der Waals surface area contributed by atoms with Crippen LogP contribution in [0.1, 0.15) is 17.5 Å². The van der Waals surface area contributed by atoms with E-state index in [2.05, 4.69) is 39.1 Å². The molecule has 9 heteroatoms. The number of fused-ring (bicyclic) bond motifs is 1. The van der Waals surface area contributed by atoms with Crippen molar-refractivity contribution in [2.45, 2.75) is 25.7 Å². The van der Waals surface area contributed by atoms with Crippen LogP contribution in [-0.2, 0) is 13.0 Å². The molecule has 1 aliphatic heterocycles. The maximum atomic E-state index is 12.5. The first-order valence-corrected chi connectivity index (χ1v) is 8.56. The largest absolute Gasteiger partial charge is 0.573 e. The summed E-state index contributed by atoms with van der Waals surface area (Å²) in [5.74, 6) is -0.344. The van der Waals surface area contributed by atoms with Crippen molar-refractivity contribution in [2.75, 3.05) is 23.8 Å². The lowest BCUT2D eigenvalue weighted by molar-refractivity contribution is -0.274. The van der Waals surface area contributed by atoms with Gasteiger partial charge in [0, 0.05) is 19.3 Å².